The maximum absolute atomic E-state index is 12.5. The molecule has 1 heterocycles. The highest BCUT2D eigenvalue weighted by Crippen LogP contribution is 2.35. The first-order chi connectivity index (χ1) is 10.3. The third kappa shape index (κ3) is 2.64. The molecule has 0 bridgehead atoms. The number of hydrogen-bond donors (Lipinski definition) is 0. The molecular formula is C18H19NO2. The number of ether oxygens (including phenoxy) is 1. The monoisotopic (exact) mass is 281 g/mol. The molecule has 0 saturated heterocycles. The Morgan fingerprint density at radius 1 is 1.14 bits per heavy atom. The summed E-state index contributed by atoms with van der Waals surface area (Å²) < 4.78 is 5.31. The summed E-state index contributed by atoms with van der Waals surface area (Å²) >= 11 is 0. The number of hydrogen-bond acceptors (Lipinski definition) is 3. The Kier molecular flexibility index (Phi) is 3.91. The Hall–Kier alpha value is -2.29. The van der Waals surface area contributed by atoms with Crippen molar-refractivity contribution in [3.05, 3.63) is 65.7 Å². The summed E-state index contributed by atoms with van der Waals surface area (Å²) in [4.78, 5) is 14.6. The highest BCUT2D eigenvalue weighted by molar-refractivity contribution is 5.83. The molecule has 2 aromatic carbocycles. The number of esters is 1. The van der Waals surface area contributed by atoms with Gasteiger partial charge in [0.2, 0.25) is 0 Å². The van der Waals surface area contributed by atoms with Crippen LogP contribution in [0.1, 0.15) is 24.1 Å². The standard InChI is InChI=1S/C18H19NO2/c1-2-21-18(20)17(15-9-4-3-5-10-15)19-13-12-14-8-6-7-11-16(14)19/h3-11,17H,2,12-13H2,1H3/t17-/m1/s1. The SMILES string of the molecule is CCOC(=O)[C@@H](c1ccccc1)N1CCc2ccccc21. The number of benzene rings is 2. The molecule has 0 aliphatic carbocycles. The number of fused-ring (bicyclic) bond motifs is 1. The number of nitrogens with zero attached hydrogens (tertiary/aromatic N) is 1. The van der Waals surface area contributed by atoms with Crippen LogP contribution in [0.15, 0.2) is 54.6 Å². The Balaban J connectivity index is 1.99. The third-order valence-corrected chi connectivity index (χ3v) is 3.86. The van der Waals surface area contributed by atoms with E-state index in [1.807, 2.05) is 49.4 Å². The quantitative estimate of drug-likeness (QED) is 0.805. The Morgan fingerprint density at radius 3 is 2.62 bits per heavy atom. The largest absolute Gasteiger partial charge is 0.464 e. The fourth-order valence-corrected chi connectivity index (χ4v) is 2.93. The maximum atomic E-state index is 12.5. The molecule has 0 saturated carbocycles. The summed E-state index contributed by atoms with van der Waals surface area (Å²) in [5, 5.41) is 0. The highest BCUT2D eigenvalue weighted by Gasteiger charge is 2.33. The van der Waals surface area contributed by atoms with Crippen molar-refractivity contribution in [1.82, 2.24) is 0 Å². The first kappa shape index (κ1) is 13.7. The van der Waals surface area contributed by atoms with Gasteiger partial charge in [-0.05, 0) is 30.5 Å². The summed E-state index contributed by atoms with van der Waals surface area (Å²) in [5.74, 6) is -0.180. The van der Waals surface area contributed by atoms with E-state index in [-0.39, 0.29) is 12.0 Å². The summed E-state index contributed by atoms with van der Waals surface area (Å²) in [6, 6.07) is 17.8. The van der Waals surface area contributed by atoms with Crippen molar-refractivity contribution in [3.63, 3.8) is 0 Å². The Morgan fingerprint density at radius 2 is 1.86 bits per heavy atom. The molecule has 1 atom stereocenters. The van der Waals surface area contributed by atoms with Crippen LogP contribution in [0, 0.1) is 0 Å². The van der Waals surface area contributed by atoms with E-state index in [4.69, 9.17) is 4.74 Å². The smallest absolute Gasteiger partial charge is 0.333 e. The third-order valence-electron chi connectivity index (χ3n) is 3.86. The number of carbonyl (C=O) groups is 1. The van der Waals surface area contributed by atoms with Gasteiger partial charge in [0.25, 0.3) is 0 Å². The van der Waals surface area contributed by atoms with Crippen molar-refractivity contribution in [1.29, 1.82) is 0 Å². The molecule has 1 aliphatic heterocycles. The average Bonchev–Trinajstić information content (AvgIpc) is 2.93. The number of carbonyl (C=O) groups excluding carboxylic acids is 1. The van der Waals surface area contributed by atoms with Gasteiger partial charge in [0.1, 0.15) is 0 Å². The second-order valence-corrected chi connectivity index (χ2v) is 5.14. The van der Waals surface area contributed by atoms with E-state index in [1.54, 1.807) is 0 Å². The lowest BCUT2D eigenvalue weighted by Crippen LogP contribution is -2.34. The van der Waals surface area contributed by atoms with Crippen molar-refractivity contribution < 1.29 is 9.53 Å². The van der Waals surface area contributed by atoms with Crippen LogP contribution in [0.25, 0.3) is 0 Å². The molecule has 0 radical (unpaired) electrons. The molecule has 0 unspecified atom stereocenters. The summed E-state index contributed by atoms with van der Waals surface area (Å²) in [7, 11) is 0. The van der Waals surface area contributed by atoms with E-state index in [0.717, 1.165) is 24.2 Å². The zero-order valence-electron chi connectivity index (χ0n) is 12.2. The number of anilines is 1. The first-order valence-electron chi connectivity index (χ1n) is 7.37. The molecule has 0 N–H and O–H groups in total. The molecule has 3 nitrogen and oxygen atoms in total. The predicted molar refractivity (Wildman–Crippen MR) is 83.3 cm³/mol. The van der Waals surface area contributed by atoms with Gasteiger partial charge in [-0.2, -0.15) is 0 Å². The highest BCUT2D eigenvalue weighted by atomic mass is 16.5. The molecule has 0 spiro atoms. The summed E-state index contributed by atoms with van der Waals surface area (Å²) in [5.41, 5.74) is 3.41. The molecule has 2 aromatic rings. The molecule has 0 fully saturated rings. The average molecular weight is 281 g/mol. The van der Waals surface area contributed by atoms with Crippen molar-refractivity contribution in [2.75, 3.05) is 18.1 Å². The van der Waals surface area contributed by atoms with E-state index in [9.17, 15) is 4.79 Å². The molecule has 0 aromatic heterocycles. The molecule has 3 rings (SSSR count). The van der Waals surface area contributed by atoms with E-state index in [0.29, 0.717) is 6.61 Å². The van der Waals surface area contributed by atoms with E-state index < -0.39 is 0 Å². The molecule has 3 heteroatoms. The van der Waals surface area contributed by atoms with Gasteiger partial charge in [-0.25, -0.2) is 4.79 Å². The van der Waals surface area contributed by atoms with Gasteiger partial charge in [-0.3, -0.25) is 0 Å². The fraction of sp³-hybridized carbons (Fsp3) is 0.278. The van der Waals surface area contributed by atoms with Crippen molar-refractivity contribution in [3.8, 4) is 0 Å². The van der Waals surface area contributed by atoms with Crippen LogP contribution in [0.3, 0.4) is 0 Å². The first-order valence-corrected chi connectivity index (χ1v) is 7.37. The van der Waals surface area contributed by atoms with Gasteiger partial charge in [-0.1, -0.05) is 48.5 Å². The number of para-hydroxylation sites is 1. The minimum atomic E-state index is -0.366. The zero-order valence-corrected chi connectivity index (χ0v) is 12.2. The minimum Gasteiger partial charge on any atom is -0.464 e. The van der Waals surface area contributed by atoms with Crippen LogP contribution in [-0.4, -0.2) is 19.1 Å². The van der Waals surface area contributed by atoms with E-state index in [1.165, 1.54) is 5.56 Å². The summed E-state index contributed by atoms with van der Waals surface area (Å²) in [6.07, 6.45) is 0.971. The Labute approximate surface area is 125 Å². The van der Waals surface area contributed by atoms with Gasteiger partial charge in [0.15, 0.2) is 6.04 Å². The molecule has 21 heavy (non-hydrogen) atoms. The maximum Gasteiger partial charge on any atom is 0.333 e. The second kappa shape index (κ2) is 6.00. The van der Waals surface area contributed by atoms with Crippen molar-refractivity contribution in [2.45, 2.75) is 19.4 Å². The number of rotatable bonds is 4. The van der Waals surface area contributed by atoms with E-state index >= 15 is 0 Å². The normalized spacial score (nSPS) is 14.6. The van der Waals surface area contributed by atoms with Gasteiger partial charge in [0, 0.05) is 12.2 Å². The minimum absolute atomic E-state index is 0.180. The van der Waals surface area contributed by atoms with Crippen LogP contribution in [-0.2, 0) is 16.0 Å². The van der Waals surface area contributed by atoms with E-state index in [2.05, 4.69) is 17.0 Å². The molecule has 0 amide bonds. The van der Waals surface area contributed by atoms with Crippen LogP contribution in [0.2, 0.25) is 0 Å². The van der Waals surface area contributed by atoms with Crippen LogP contribution in [0.4, 0.5) is 5.69 Å². The van der Waals surface area contributed by atoms with Crippen molar-refractivity contribution in [2.24, 2.45) is 0 Å². The van der Waals surface area contributed by atoms with Gasteiger partial charge < -0.3 is 9.64 Å². The van der Waals surface area contributed by atoms with Gasteiger partial charge in [-0.15, -0.1) is 0 Å². The van der Waals surface area contributed by atoms with Crippen LogP contribution in [0.5, 0.6) is 0 Å². The molecule has 108 valence electrons. The topological polar surface area (TPSA) is 29.5 Å². The summed E-state index contributed by atoms with van der Waals surface area (Å²) in [6.45, 7) is 3.09. The fourth-order valence-electron chi connectivity index (χ4n) is 2.93. The lowest BCUT2D eigenvalue weighted by molar-refractivity contribution is -0.144. The van der Waals surface area contributed by atoms with Crippen LogP contribution >= 0.6 is 0 Å². The zero-order chi connectivity index (χ0) is 14.7. The molecular weight excluding hydrogens is 262 g/mol. The lowest BCUT2D eigenvalue weighted by Gasteiger charge is -2.29. The second-order valence-electron chi connectivity index (χ2n) is 5.14. The van der Waals surface area contributed by atoms with Crippen molar-refractivity contribution >= 4 is 11.7 Å². The lowest BCUT2D eigenvalue weighted by atomic mass is 10.1. The predicted octanol–water partition coefficient (Wildman–Crippen LogP) is 3.35. The van der Waals surface area contributed by atoms with Gasteiger partial charge >= 0.3 is 5.97 Å². The van der Waals surface area contributed by atoms with Crippen LogP contribution < -0.4 is 4.90 Å². The Bertz CT molecular complexity index is 624. The molecule has 1 aliphatic rings. The van der Waals surface area contributed by atoms with Gasteiger partial charge in [0.05, 0.1) is 6.61 Å².